The first-order valence-corrected chi connectivity index (χ1v) is 9.21. The van der Waals surface area contributed by atoms with Crippen molar-refractivity contribution in [3.8, 4) is 0 Å². The summed E-state index contributed by atoms with van der Waals surface area (Å²) in [6.07, 6.45) is 0.634. The summed E-state index contributed by atoms with van der Waals surface area (Å²) in [6.45, 7) is 1.12. The number of nitrogens with two attached hydrogens (primary N) is 1. The number of nitrogens with zero attached hydrogens (tertiary/aromatic N) is 1. The largest absolute Gasteiger partial charge is 0.329 e. The maximum atomic E-state index is 11.7. The van der Waals surface area contributed by atoms with Gasteiger partial charge in [0.05, 0.1) is 11.5 Å². The van der Waals surface area contributed by atoms with Crippen LogP contribution in [0, 0.1) is 0 Å². The van der Waals surface area contributed by atoms with Gasteiger partial charge >= 0.3 is 0 Å². The Morgan fingerprint density at radius 1 is 1.61 bits per heavy atom. The average molecular weight is 353 g/mol. The zero-order valence-corrected chi connectivity index (χ0v) is 13.4. The molecule has 0 saturated carbocycles. The molecule has 1 unspecified atom stereocenters. The molecule has 1 atom stereocenters. The van der Waals surface area contributed by atoms with Crippen LogP contribution in [0.3, 0.4) is 0 Å². The Kier molecular flexibility index (Phi) is 4.18. The summed E-state index contributed by atoms with van der Waals surface area (Å²) in [5, 5.41) is 2.03. The number of hydrogen-bond donors (Lipinski definition) is 1. The van der Waals surface area contributed by atoms with E-state index in [1.807, 2.05) is 12.4 Å². The van der Waals surface area contributed by atoms with Crippen LogP contribution in [0.1, 0.15) is 11.3 Å². The molecule has 0 spiro atoms. The summed E-state index contributed by atoms with van der Waals surface area (Å²) in [5.74, 6) is 0.433. The number of thiophene rings is 1. The van der Waals surface area contributed by atoms with Crippen molar-refractivity contribution < 1.29 is 8.42 Å². The lowest BCUT2D eigenvalue weighted by Gasteiger charge is -2.36. The first-order valence-electron chi connectivity index (χ1n) is 5.72. The minimum Gasteiger partial charge on any atom is -0.329 e. The lowest BCUT2D eigenvalue weighted by molar-refractivity contribution is 0.144. The average Bonchev–Trinajstić information content (AvgIpc) is 2.83. The second-order valence-corrected chi connectivity index (χ2v) is 8.95. The van der Waals surface area contributed by atoms with Crippen LogP contribution < -0.4 is 5.73 Å². The van der Waals surface area contributed by atoms with Gasteiger partial charge in [-0.15, -0.1) is 11.3 Å². The Labute approximate surface area is 120 Å². The summed E-state index contributed by atoms with van der Waals surface area (Å²) >= 11 is 5.09. The molecule has 0 aliphatic carbocycles. The highest BCUT2D eigenvalue weighted by Crippen LogP contribution is 2.30. The first-order chi connectivity index (χ1) is 8.37. The zero-order valence-electron chi connectivity index (χ0n) is 10.2. The first kappa shape index (κ1) is 14.5. The molecule has 2 heterocycles. The van der Waals surface area contributed by atoms with Gasteiger partial charge in [-0.25, -0.2) is 8.42 Å². The van der Waals surface area contributed by atoms with Crippen LogP contribution in [0.25, 0.3) is 0 Å². The quantitative estimate of drug-likeness (QED) is 0.890. The molecule has 1 aliphatic rings. The molecule has 1 aromatic heterocycles. The van der Waals surface area contributed by atoms with Gasteiger partial charge in [0.1, 0.15) is 0 Å². The number of rotatable bonds is 4. The van der Waals surface area contributed by atoms with Crippen molar-refractivity contribution >= 4 is 37.1 Å². The summed E-state index contributed by atoms with van der Waals surface area (Å²) in [5.41, 5.74) is 5.44. The Morgan fingerprint density at radius 3 is 2.78 bits per heavy atom. The van der Waals surface area contributed by atoms with Crippen molar-refractivity contribution in [3.05, 3.63) is 20.8 Å². The summed E-state index contributed by atoms with van der Waals surface area (Å²) in [4.78, 5) is 3.30. The molecule has 2 N–H and O–H groups in total. The lowest BCUT2D eigenvalue weighted by Crippen LogP contribution is -2.52. The Morgan fingerprint density at radius 2 is 2.33 bits per heavy atom. The molecule has 102 valence electrons. The van der Waals surface area contributed by atoms with E-state index in [9.17, 15) is 8.42 Å². The molecule has 1 aromatic rings. The van der Waals surface area contributed by atoms with Crippen molar-refractivity contribution in [2.45, 2.75) is 18.5 Å². The molecule has 2 rings (SSSR count). The fraction of sp³-hybridized carbons (Fsp3) is 0.636. The van der Waals surface area contributed by atoms with E-state index >= 15 is 0 Å². The Bertz CT molecular complexity index is 529. The van der Waals surface area contributed by atoms with E-state index in [4.69, 9.17) is 5.73 Å². The van der Waals surface area contributed by atoms with Crippen molar-refractivity contribution in [2.75, 3.05) is 25.1 Å². The molecule has 0 bridgehead atoms. The molecule has 1 aliphatic heterocycles. The topological polar surface area (TPSA) is 63.4 Å². The Hall–Kier alpha value is 0.0500. The fourth-order valence-electron chi connectivity index (χ4n) is 2.36. The second-order valence-electron chi connectivity index (χ2n) is 4.86. The van der Waals surface area contributed by atoms with Crippen LogP contribution in [0.4, 0.5) is 0 Å². The van der Waals surface area contributed by atoms with Crippen molar-refractivity contribution in [2.24, 2.45) is 5.73 Å². The molecule has 7 heteroatoms. The molecule has 0 radical (unpaired) electrons. The van der Waals surface area contributed by atoms with Gasteiger partial charge in [0.15, 0.2) is 9.84 Å². The van der Waals surface area contributed by atoms with Gasteiger partial charge in [0.25, 0.3) is 0 Å². The maximum absolute atomic E-state index is 11.7. The minimum atomic E-state index is -2.93. The lowest BCUT2D eigenvalue weighted by atomic mass is 9.97. The standard InChI is InChI=1S/C11H17BrN2O2S2/c1-14(5-10-4-9(12)6-17-10)11(7-13)2-3-18(15,16)8-11/h4,6H,2-3,5,7-8,13H2,1H3. The highest BCUT2D eigenvalue weighted by Gasteiger charge is 2.44. The van der Waals surface area contributed by atoms with E-state index in [2.05, 4.69) is 26.9 Å². The third-order valence-corrected chi connectivity index (χ3v) is 7.06. The molecule has 1 saturated heterocycles. The van der Waals surface area contributed by atoms with Crippen molar-refractivity contribution in [1.29, 1.82) is 0 Å². The Balaban J connectivity index is 2.14. The van der Waals surface area contributed by atoms with Crippen molar-refractivity contribution in [3.63, 3.8) is 0 Å². The van der Waals surface area contributed by atoms with Crippen LogP contribution in [-0.2, 0) is 16.4 Å². The van der Waals surface area contributed by atoms with Gasteiger partial charge in [0, 0.05) is 33.4 Å². The van der Waals surface area contributed by atoms with E-state index < -0.39 is 15.4 Å². The van der Waals surface area contributed by atoms with E-state index in [-0.39, 0.29) is 11.5 Å². The number of likely N-dealkylation sites (N-methyl/N-ethyl adjacent to an activating group) is 1. The third-order valence-electron chi connectivity index (χ3n) is 3.57. The van der Waals surface area contributed by atoms with Crippen LogP contribution in [0.15, 0.2) is 15.9 Å². The number of halogens is 1. The molecule has 1 fully saturated rings. The zero-order chi connectivity index (χ0) is 13.4. The van der Waals surface area contributed by atoms with Crippen LogP contribution in [-0.4, -0.2) is 44.0 Å². The van der Waals surface area contributed by atoms with Gasteiger partial charge in [-0.2, -0.15) is 0 Å². The predicted molar refractivity (Wildman–Crippen MR) is 78.5 cm³/mol. The van der Waals surface area contributed by atoms with Gasteiger partial charge in [0.2, 0.25) is 0 Å². The van der Waals surface area contributed by atoms with Crippen LogP contribution in [0.5, 0.6) is 0 Å². The third kappa shape index (κ3) is 2.96. The molecular weight excluding hydrogens is 336 g/mol. The number of sulfone groups is 1. The molecule has 4 nitrogen and oxygen atoms in total. The summed E-state index contributed by atoms with van der Waals surface area (Å²) in [7, 11) is -0.966. The van der Waals surface area contributed by atoms with Crippen LogP contribution >= 0.6 is 27.3 Å². The smallest absolute Gasteiger partial charge is 0.152 e. The highest BCUT2D eigenvalue weighted by atomic mass is 79.9. The second kappa shape index (κ2) is 5.20. The van der Waals surface area contributed by atoms with Gasteiger partial charge in [-0.3, -0.25) is 4.90 Å². The van der Waals surface area contributed by atoms with E-state index in [1.54, 1.807) is 11.3 Å². The fourth-order valence-corrected chi connectivity index (χ4v) is 6.00. The molecule has 18 heavy (non-hydrogen) atoms. The van der Waals surface area contributed by atoms with Gasteiger partial charge in [-0.1, -0.05) is 0 Å². The molecule has 0 amide bonds. The number of hydrogen-bond acceptors (Lipinski definition) is 5. The van der Waals surface area contributed by atoms with Crippen LogP contribution in [0.2, 0.25) is 0 Å². The highest BCUT2D eigenvalue weighted by molar-refractivity contribution is 9.10. The molecular formula is C11H17BrN2O2S2. The van der Waals surface area contributed by atoms with Crippen molar-refractivity contribution in [1.82, 2.24) is 4.90 Å². The maximum Gasteiger partial charge on any atom is 0.152 e. The SMILES string of the molecule is CN(Cc1cc(Br)cs1)C1(CN)CCS(=O)(=O)C1. The summed E-state index contributed by atoms with van der Waals surface area (Å²) < 4.78 is 24.4. The van der Waals surface area contributed by atoms with E-state index in [0.717, 1.165) is 11.0 Å². The summed E-state index contributed by atoms with van der Waals surface area (Å²) in [6, 6.07) is 2.06. The van der Waals surface area contributed by atoms with Gasteiger partial charge < -0.3 is 5.73 Å². The minimum absolute atomic E-state index is 0.180. The monoisotopic (exact) mass is 352 g/mol. The predicted octanol–water partition coefficient (Wildman–Crippen LogP) is 1.46. The molecule has 0 aromatic carbocycles. The van der Waals surface area contributed by atoms with E-state index in [0.29, 0.717) is 13.0 Å². The normalized spacial score (nSPS) is 26.9. The van der Waals surface area contributed by atoms with Gasteiger partial charge in [-0.05, 0) is 35.5 Å². The van der Waals surface area contributed by atoms with E-state index in [1.165, 1.54) is 4.88 Å².